The molecule has 0 aliphatic heterocycles. The highest BCUT2D eigenvalue weighted by atomic mass is 28.4. The van der Waals surface area contributed by atoms with E-state index in [-0.39, 0.29) is 30.4 Å². The summed E-state index contributed by atoms with van der Waals surface area (Å²) in [5.41, 5.74) is -6.60. The summed E-state index contributed by atoms with van der Waals surface area (Å²) in [5, 5.41) is 37.1. The van der Waals surface area contributed by atoms with Crippen LogP contribution in [0.4, 0.5) is 0 Å². The fourth-order valence-electron chi connectivity index (χ4n) is 9.35. The number of carbonyl (C=O) groups is 4. The van der Waals surface area contributed by atoms with E-state index in [4.69, 9.17) is 18.6 Å². The molecule has 0 spiro atoms. The highest BCUT2D eigenvalue weighted by Crippen LogP contribution is 2.63. The van der Waals surface area contributed by atoms with E-state index < -0.39 is 90.5 Å². The molecule has 0 amide bonds. The fraction of sp³-hybridized carbons (Fsp3) is 0.684. The third-order valence-corrected chi connectivity index (χ3v) is 17.2. The van der Waals surface area contributed by atoms with Crippen molar-refractivity contribution < 1.29 is 53.1 Å². The van der Waals surface area contributed by atoms with E-state index in [1.165, 1.54) is 13.8 Å². The van der Waals surface area contributed by atoms with Gasteiger partial charge in [-0.1, -0.05) is 59.7 Å². The number of esters is 3. The predicted octanol–water partition coefficient (Wildman–Crippen LogP) is 5.05. The van der Waals surface area contributed by atoms with Crippen LogP contribution in [-0.4, -0.2) is 89.1 Å². The molecule has 4 rings (SSSR count). The van der Waals surface area contributed by atoms with Crippen LogP contribution in [0.2, 0.25) is 18.1 Å². The predicted molar refractivity (Wildman–Crippen MR) is 187 cm³/mol. The zero-order chi connectivity index (χ0) is 37.6. The van der Waals surface area contributed by atoms with Crippen LogP contribution in [-0.2, 0) is 33.0 Å². The quantitative estimate of drug-likeness (QED) is 0.128. The molecule has 3 aliphatic rings. The molecular formula is C38H56O11Si. The Morgan fingerprint density at radius 2 is 1.50 bits per heavy atom. The van der Waals surface area contributed by atoms with Crippen molar-refractivity contribution in [2.24, 2.45) is 16.7 Å². The topological polar surface area (TPSA) is 166 Å². The minimum absolute atomic E-state index is 0.0374. The monoisotopic (exact) mass is 716 g/mol. The molecule has 0 saturated heterocycles. The molecule has 1 aromatic carbocycles. The number of hydrogen-bond donors (Lipinski definition) is 3. The molecule has 0 radical (unpaired) electrons. The van der Waals surface area contributed by atoms with Gasteiger partial charge in [-0.25, -0.2) is 4.79 Å². The first kappa shape index (κ1) is 39.9. The SMILES string of the molecule is CC[C@@]1(OC(C)=O)C2[C@H](OC(=O)c3ccccc3)[C@]3(O)C[C@H](O)C(C)=C([C@@H](OC(C)=O)C(=O)[C@]2(C)[C@@H](O[Si](CC)(CC)CC)C[C@H]1O)C3(C)C. The Labute approximate surface area is 296 Å². The second-order valence-electron chi connectivity index (χ2n) is 15.2. The Kier molecular flexibility index (Phi) is 11.4. The highest BCUT2D eigenvalue weighted by Gasteiger charge is 2.76. The van der Waals surface area contributed by atoms with Gasteiger partial charge in [0.05, 0.1) is 35.2 Å². The first-order valence-electron chi connectivity index (χ1n) is 17.9. The lowest BCUT2D eigenvalue weighted by atomic mass is 9.45. The molecule has 0 heterocycles. The second-order valence-corrected chi connectivity index (χ2v) is 19.9. The third kappa shape index (κ3) is 6.18. The molecule has 11 nitrogen and oxygen atoms in total. The van der Waals surface area contributed by atoms with Gasteiger partial charge in [-0.2, -0.15) is 0 Å². The maximum atomic E-state index is 15.7. The van der Waals surface area contributed by atoms with E-state index in [0.717, 1.165) is 0 Å². The number of ketones is 1. The van der Waals surface area contributed by atoms with Crippen molar-refractivity contribution in [1.29, 1.82) is 0 Å². The number of hydrogen-bond acceptors (Lipinski definition) is 11. The van der Waals surface area contributed by atoms with Gasteiger partial charge >= 0.3 is 17.9 Å². The van der Waals surface area contributed by atoms with Crippen LogP contribution >= 0.6 is 0 Å². The molecule has 0 aromatic heterocycles. The van der Waals surface area contributed by atoms with Crippen molar-refractivity contribution in [3.63, 3.8) is 0 Å². The van der Waals surface area contributed by atoms with Crippen molar-refractivity contribution in [2.45, 2.75) is 148 Å². The number of aliphatic hydroxyl groups is 3. The van der Waals surface area contributed by atoms with E-state index >= 15 is 4.79 Å². The Bertz CT molecular complexity index is 1490. The Balaban J connectivity index is 2.21. The Hall–Kier alpha value is -2.90. The summed E-state index contributed by atoms with van der Waals surface area (Å²) >= 11 is 0. The average molecular weight is 717 g/mol. The van der Waals surface area contributed by atoms with Crippen LogP contribution in [0.5, 0.6) is 0 Å². The molecule has 3 aliphatic carbocycles. The summed E-state index contributed by atoms with van der Waals surface area (Å²) in [4.78, 5) is 55.7. The molecule has 1 unspecified atom stereocenters. The molecule has 9 atom stereocenters. The molecular weight excluding hydrogens is 660 g/mol. The highest BCUT2D eigenvalue weighted by molar-refractivity contribution is 6.73. The number of carbonyl (C=O) groups excluding carboxylic acids is 4. The lowest BCUT2D eigenvalue weighted by Crippen LogP contribution is -2.78. The zero-order valence-corrected chi connectivity index (χ0v) is 32.2. The minimum Gasteiger partial charge on any atom is -0.456 e. The molecule has 3 N–H and O–H groups in total. The largest absolute Gasteiger partial charge is 0.456 e. The van der Waals surface area contributed by atoms with Crippen LogP contribution in [0, 0.1) is 16.7 Å². The standard InChI is InChI=1S/C38H56O11Si/c1-11-37(48-24(7)40)27(42)20-28(49-50(12-2,13-3)14-4)36(10)31(37)33(47-34(44)25-18-16-15-17-19-25)38(45)21-26(41)22(5)29(35(38,8)9)30(32(36)43)46-23(6)39/h15-19,26-28,30-31,33,41-42,45H,11-14,20-21H2,1-10H3/t26-,27+,28-,30+,31?,33-,36+,37-,38+/m0/s1. The first-order valence-corrected chi connectivity index (χ1v) is 20.4. The van der Waals surface area contributed by atoms with Gasteiger partial charge in [-0.05, 0) is 61.7 Å². The summed E-state index contributed by atoms with van der Waals surface area (Å²) < 4.78 is 25.6. The summed E-state index contributed by atoms with van der Waals surface area (Å²) in [5.74, 6) is -4.39. The van der Waals surface area contributed by atoms with Gasteiger partial charge in [0, 0.05) is 32.1 Å². The van der Waals surface area contributed by atoms with E-state index in [0.29, 0.717) is 23.7 Å². The summed E-state index contributed by atoms with van der Waals surface area (Å²) in [7, 11) is -2.57. The van der Waals surface area contributed by atoms with Crippen LogP contribution in [0.15, 0.2) is 41.5 Å². The van der Waals surface area contributed by atoms with Gasteiger partial charge in [0.15, 0.2) is 20.2 Å². The Morgan fingerprint density at radius 1 is 0.920 bits per heavy atom. The van der Waals surface area contributed by atoms with Gasteiger partial charge in [-0.15, -0.1) is 0 Å². The summed E-state index contributed by atoms with van der Waals surface area (Å²) in [6, 6.07) is 10.3. The molecule has 1 aromatic rings. The molecule has 2 saturated carbocycles. The molecule has 2 bridgehead atoms. The maximum absolute atomic E-state index is 15.7. The number of Topliss-reactive ketones (excluding diaryl/α,β-unsaturated/α-hetero) is 1. The van der Waals surface area contributed by atoms with Crippen LogP contribution in [0.1, 0.15) is 98.9 Å². The van der Waals surface area contributed by atoms with Crippen LogP contribution in [0.3, 0.4) is 0 Å². The molecule has 12 heteroatoms. The number of fused-ring (bicyclic) bond motifs is 3. The van der Waals surface area contributed by atoms with Crippen LogP contribution in [0.25, 0.3) is 0 Å². The average Bonchev–Trinajstić information content (AvgIpc) is 3.06. The van der Waals surface area contributed by atoms with Crippen molar-refractivity contribution in [3.05, 3.63) is 47.0 Å². The first-order chi connectivity index (χ1) is 23.3. The second kappa shape index (κ2) is 14.3. The van der Waals surface area contributed by atoms with Gasteiger partial charge in [0.25, 0.3) is 0 Å². The third-order valence-electron chi connectivity index (χ3n) is 12.6. The van der Waals surface area contributed by atoms with E-state index in [2.05, 4.69) is 0 Å². The zero-order valence-electron chi connectivity index (χ0n) is 31.2. The number of benzene rings is 1. The number of aliphatic hydroxyl groups excluding tert-OH is 2. The van der Waals surface area contributed by atoms with Crippen molar-refractivity contribution in [3.8, 4) is 0 Å². The number of rotatable bonds is 10. The molecule has 2 fully saturated rings. The summed E-state index contributed by atoms with van der Waals surface area (Å²) in [6.07, 6.45) is -7.52. The Morgan fingerprint density at radius 3 is 2.00 bits per heavy atom. The fourth-order valence-corrected chi connectivity index (χ4v) is 12.3. The summed E-state index contributed by atoms with van der Waals surface area (Å²) in [6.45, 7) is 16.7. The van der Waals surface area contributed by atoms with Gasteiger partial charge in [0.1, 0.15) is 17.3 Å². The van der Waals surface area contributed by atoms with Gasteiger partial charge in [-0.3, -0.25) is 14.4 Å². The van der Waals surface area contributed by atoms with E-state index in [9.17, 15) is 29.7 Å². The lowest BCUT2D eigenvalue weighted by Gasteiger charge is -2.65. The molecule has 50 heavy (non-hydrogen) atoms. The van der Waals surface area contributed by atoms with Crippen molar-refractivity contribution in [2.75, 3.05) is 0 Å². The van der Waals surface area contributed by atoms with Gasteiger partial charge in [0.2, 0.25) is 0 Å². The smallest absolute Gasteiger partial charge is 0.338 e. The van der Waals surface area contributed by atoms with Crippen LogP contribution < -0.4 is 0 Å². The van der Waals surface area contributed by atoms with Crippen molar-refractivity contribution in [1.82, 2.24) is 0 Å². The van der Waals surface area contributed by atoms with E-state index in [1.54, 1.807) is 65.0 Å². The number of ether oxygens (including phenoxy) is 3. The molecule has 278 valence electrons. The lowest BCUT2D eigenvalue weighted by molar-refractivity contribution is -0.282. The minimum atomic E-state index is -2.57. The van der Waals surface area contributed by atoms with E-state index in [1.807, 2.05) is 20.8 Å². The van der Waals surface area contributed by atoms with Gasteiger partial charge < -0.3 is 34.0 Å². The maximum Gasteiger partial charge on any atom is 0.338 e. The van der Waals surface area contributed by atoms with Crippen molar-refractivity contribution >= 4 is 32.0 Å². The normalized spacial score (nSPS) is 35.3.